The Bertz CT molecular complexity index is 518. The molecule has 0 N–H and O–H groups in total. The van der Waals surface area contributed by atoms with Crippen LogP contribution in [0, 0.1) is 5.82 Å². The highest BCUT2D eigenvalue weighted by molar-refractivity contribution is 5.53. The molecule has 1 aliphatic rings. The third-order valence-electron chi connectivity index (χ3n) is 3.65. The maximum atomic E-state index is 13.9. The van der Waals surface area contributed by atoms with E-state index < -0.39 is 11.4 Å². The number of methoxy groups -OCH3 is 2. The van der Waals surface area contributed by atoms with E-state index in [2.05, 4.69) is 4.99 Å². The lowest BCUT2D eigenvalue weighted by atomic mass is 9.87. The van der Waals surface area contributed by atoms with Gasteiger partial charge in [0.2, 0.25) is 6.08 Å². The van der Waals surface area contributed by atoms with Gasteiger partial charge in [-0.2, -0.15) is 4.99 Å². The fourth-order valence-electron chi connectivity index (χ4n) is 2.81. The third-order valence-corrected chi connectivity index (χ3v) is 3.65. The van der Waals surface area contributed by atoms with E-state index in [-0.39, 0.29) is 5.75 Å². The minimum atomic E-state index is -0.777. The lowest BCUT2D eigenvalue weighted by molar-refractivity contribution is 0.334. The van der Waals surface area contributed by atoms with Crippen molar-refractivity contribution in [1.29, 1.82) is 0 Å². The number of nitrogens with zero attached hydrogens (tertiary/aromatic N) is 1. The summed E-state index contributed by atoms with van der Waals surface area (Å²) in [5.74, 6) is 0.102. The van der Waals surface area contributed by atoms with E-state index in [0.717, 1.165) is 12.8 Å². The maximum Gasteiger partial charge on any atom is 0.235 e. The molecule has 0 spiro atoms. The van der Waals surface area contributed by atoms with E-state index in [1.165, 1.54) is 26.4 Å². The molecule has 1 aromatic rings. The molecule has 0 atom stereocenters. The second-order valence-electron chi connectivity index (χ2n) is 4.60. The van der Waals surface area contributed by atoms with Gasteiger partial charge >= 0.3 is 0 Å². The number of isocyanates is 1. The minimum absolute atomic E-state index is 0.0975. The Labute approximate surface area is 111 Å². The Hall–Kier alpha value is -1.87. The summed E-state index contributed by atoms with van der Waals surface area (Å²) in [6.07, 6.45) is 4.79. The van der Waals surface area contributed by atoms with Crippen LogP contribution in [0.25, 0.3) is 0 Å². The minimum Gasteiger partial charge on any atom is -0.496 e. The number of hydrogen-bond donors (Lipinski definition) is 0. The van der Waals surface area contributed by atoms with Crippen molar-refractivity contribution in [3.8, 4) is 11.5 Å². The Morgan fingerprint density at radius 1 is 1.26 bits per heavy atom. The molecule has 0 unspecified atom stereocenters. The molecular weight excluding hydrogens is 249 g/mol. The average Bonchev–Trinajstić information content (AvgIpc) is 2.88. The molecule has 0 bridgehead atoms. The third kappa shape index (κ3) is 2.22. The van der Waals surface area contributed by atoms with Crippen LogP contribution in [0.1, 0.15) is 31.2 Å². The average molecular weight is 265 g/mol. The van der Waals surface area contributed by atoms with Crippen LogP contribution in [0.4, 0.5) is 4.39 Å². The van der Waals surface area contributed by atoms with E-state index in [1.807, 2.05) is 0 Å². The molecule has 0 amide bonds. The quantitative estimate of drug-likeness (QED) is 0.621. The fourth-order valence-corrected chi connectivity index (χ4v) is 2.81. The lowest BCUT2D eigenvalue weighted by Gasteiger charge is -2.27. The summed E-state index contributed by atoms with van der Waals surface area (Å²) in [7, 11) is 2.90. The van der Waals surface area contributed by atoms with E-state index in [0.29, 0.717) is 24.2 Å². The molecule has 1 aromatic carbocycles. The standard InChI is InChI=1S/C14H16FNO3/c1-18-11-6-5-10(15)13(19-2)12(11)14(16-9-17)7-3-4-8-14/h5-6H,3-4,7-8H2,1-2H3. The Morgan fingerprint density at radius 2 is 1.95 bits per heavy atom. The van der Waals surface area contributed by atoms with Crippen molar-refractivity contribution in [2.24, 2.45) is 4.99 Å². The Kier molecular flexibility index (Phi) is 3.86. The molecule has 0 radical (unpaired) electrons. The zero-order valence-electron chi connectivity index (χ0n) is 11.0. The molecular formula is C14H16FNO3. The highest BCUT2D eigenvalue weighted by Gasteiger charge is 2.41. The van der Waals surface area contributed by atoms with Crippen LogP contribution in [0.15, 0.2) is 17.1 Å². The van der Waals surface area contributed by atoms with Gasteiger partial charge in [0.25, 0.3) is 0 Å². The van der Waals surface area contributed by atoms with Crippen LogP contribution in [0.2, 0.25) is 0 Å². The molecule has 0 saturated heterocycles. The predicted octanol–water partition coefficient (Wildman–Crippen LogP) is 2.95. The van der Waals surface area contributed by atoms with Gasteiger partial charge in [-0.15, -0.1) is 0 Å². The van der Waals surface area contributed by atoms with Gasteiger partial charge in [0, 0.05) is 0 Å². The number of aliphatic imine (C=N–C) groups is 1. The first-order valence-electron chi connectivity index (χ1n) is 6.18. The number of halogens is 1. The molecule has 19 heavy (non-hydrogen) atoms. The topological polar surface area (TPSA) is 47.9 Å². The molecule has 2 rings (SSSR count). The SMILES string of the molecule is COc1ccc(F)c(OC)c1C1(N=C=O)CCCC1. The summed E-state index contributed by atoms with van der Waals surface area (Å²) in [4.78, 5) is 14.7. The van der Waals surface area contributed by atoms with Gasteiger partial charge in [0.15, 0.2) is 11.6 Å². The number of benzene rings is 1. The van der Waals surface area contributed by atoms with Gasteiger partial charge in [-0.3, -0.25) is 0 Å². The molecule has 102 valence electrons. The largest absolute Gasteiger partial charge is 0.496 e. The second kappa shape index (κ2) is 5.41. The first-order chi connectivity index (χ1) is 9.18. The van der Waals surface area contributed by atoms with E-state index in [9.17, 15) is 9.18 Å². The van der Waals surface area contributed by atoms with E-state index >= 15 is 0 Å². The van der Waals surface area contributed by atoms with Crippen molar-refractivity contribution < 1.29 is 18.7 Å². The van der Waals surface area contributed by atoms with Crippen molar-refractivity contribution in [2.45, 2.75) is 31.2 Å². The first kappa shape index (κ1) is 13.6. The summed E-state index contributed by atoms with van der Waals surface area (Å²) < 4.78 is 24.4. The van der Waals surface area contributed by atoms with Crippen molar-refractivity contribution in [3.63, 3.8) is 0 Å². The number of carbonyl (C=O) groups excluding carboxylic acids is 1. The fraction of sp³-hybridized carbons (Fsp3) is 0.500. The summed E-state index contributed by atoms with van der Waals surface area (Å²) in [5.41, 5.74) is -0.265. The van der Waals surface area contributed by atoms with Gasteiger partial charge in [-0.1, -0.05) is 12.8 Å². The molecule has 4 nitrogen and oxygen atoms in total. The van der Waals surface area contributed by atoms with Crippen LogP contribution in [0.5, 0.6) is 11.5 Å². The van der Waals surface area contributed by atoms with Crippen LogP contribution in [-0.4, -0.2) is 20.3 Å². The molecule has 1 aliphatic carbocycles. The molecule has 0 heterocycles. The highest BCUT2D eigenvalue weighted by Crippen LogP contribution is 2.50. The Balaban J connectivity index is 2.70. The smallest absolute Gasteiger partial charge is 0.235 e. The molecule has 1 fully saturated rings. The molecule has 0 aliphatic heterocycles. The summed E-state index contributed by atoms with van der Waals surface area (Å²) >= 11 is 0. The summed E-state index contributed by atoms with van der Waals surface area (Å²) in [5, 5.41) is 0. The predicted molar refractivity (Wildman–Crippen MR) is 67.8 cm³/mol. The number of hydrogen-bond acceptors (Lipinski definition) is 4. The van der Waals surface area contributed by atoms with Crippen LogP contribution in [-0.2, 0) is 10.3 Å². The first-order valence-corrected chi connectivity index (χ1v) is 6.18. The molecule has 0 aromatic heterocycles. The van der Waals surface area contributed by atoms with E-state index in [1.54, 1.807) is 6.08 Å². The highest BCUT2D eigenvalue weighted by atomic mass is 19.1. The van der Waals surface area contributed by atoms with Gasteiger partial charge in [-0.25, -0.2) is 9.18 Å². The Morgan fingerprint density at radius 3 is 2.47 bits per heavy atom. The van der Waals surface area contributed by atoms with Crippen molar-refractivity contribution in [3.05, 3.63) is 23.5 Å². The second-order valence-corrected chi connectivity index (χ2v) is 4.60. The van der Waals surface area contributed by atoms with Gasteiger partial charge < -0.3 is 9.47 Å². The van der Waals surface area contributed by atoms with Crippen LogP contribution in [0.3, 0.4) is 0 Å². The number of ether oxygens (including phenoxy) is 2. The zero-order valence-corrected chi connectivity index (χ0v) is 11.0. The van der Waals surface area contributed by atoms with Gasteiger partial charge in [-0.05, 0) is 25.0 Å². The zero-order chi connectivity index (χ0) is 13.9. The van der Waals surface area contributed by atoms with Crippen molar-refractivity contribution >= 4 is 6.08 Å². The van der Waals surface area contributed by atoms with Crippen LogP contribution >= 0.6 is 0 Å². The summed E-state index contributed by atoms with van der Waals surface area (Å²) in [6, 6.07) is 2.82. The van der Waals surface area contributed by atoms with E-state index in [4.69, 9.17) is 9.47 Å². The van der Waals surface area contributed by atoms with Gasteiger partial charge in [0.1, 0.15) is 11.3 Å². The molecule has 5 heteroatoms. The molecule has 1 saturated carbocycles. The lowest BCUT2D eigenvalue weighted by Crippen LogP contribution is -2.21. The monoisotopic (exact) mass is 265 g/mol. The van der Waals surface area contributed by atoms with Crippen molar-refractivity contribution in [1.82, 2.24) is 0 Å². The van der Waals surface area contributed by atoms with Gasteiger partial charge in [0.05, 0.1) is 19.8 Å². The van der Waals surface area contributed by atoms with Crippen LogP contribution < -0.4 is 9.47 Å². The normalized spacial score (nSPS) is 16.8. The summed E-state index contributed by atoms with van der Waals surface area (Å²) in [6.45, 7) is 0. The van der Waals surface area contributed by atoms with Crippen molar-refractivity contribution in [2.75, 3.05) is 14.2 Å². The maximum absolute atomic E-state index is 13.9. The number of rotatable bonds is 4.